The van der Waals surface area contributed by atoms with Crippen LogP contribution in [0, 0.1) is 6.92 Å². The second-order valence-electron chi connectivity index (χ2n) is 6.83. The lowest BCUT2D eigenvalue weighted by Crippen LogP contribution is -2.34. The first-order valence-electron chi connectivity index (χ1n) is 9.82. The number of hydrogen-bond acceptors (Lipinski definition) is 7. The fourth-order valence-corrected chi connectivity index (χ4v) is 5.25. The lowest BCUT2D eigenvalue weighted by molar-refractivity contribution is -0.147. The van der Waals surface area contributed by atoms with Crippen molar-refractivity contribution >= 4 is 33.5 Å². The maximum Gasteiger partial charge on any atom is 0.329 e. The summed E-state index contributed by atoms with van der Waals surface area (Å²) in [5, 5.41) is 0.450. The van der Waals surface area contributed by atoms with Crippen molar-refractivity contribution in [3.63, 3.8) is 0 Å². The molecule has 8 heteroatoms. The summed E-state index contributed by atoms with van der Waals surface area (Å²) < 4.78 is 11.8. The minimum atomic E-state index is -0.732. The molecular weight excluding hydrogens is 380 g/mol. The van der Waals surface area contributed by atoms with Gasteiger partial charge in [0.05, 0.1) is 24.5 Å². The van der Waals surface area contributed by atoms with Gasteiger partial charge in [-0.2, -0.15) is 0 Å². The molecule has 2 aromatic rings. The van der Waals surface area contributed by atoms with E-state index in [4.69, 9.17) is 9.47 Å². The Balaban J connectivity index is 2.22. The highest BCUT2D eigenvalue weighted by Gasteiger charge is 2.34. The number of esters is 2. The van der Waals surface area contributed by atoms with Crippen LogP contribution in [0.5, 0.6) is 0 Å². The molecule has 0 fully saturated rings. The number of aryl methyl sites for hydroxylation is 2. The molecular formula is C20H26N2O5S. The van der Waals surface area contributed by atoms with E-state index >= 15 is 0 Å². The standard InChI is InChI=1S/C20H26N2O5S/c1-5-13(20(25)27-7-3)22-11(4)21-17-16(18(22)23)15-12(19(24)26-6-2)9-8-10-14(15)28-17/h12-13H,5-10H2,1-4H3. The number of hydrogen-bond donors (Lipinski definition) is 0. The van der Waals surface area contributed by atoms with Crippen molar-refractivity contribution < 1.29 is 19.1 Å². The third-order valence-corrected chi connectivity index (χ3v) is 6.28. The van der Waals surface area contributed by atoms with Crippen LogP contribution < -0.4 is 5.56 Å². The number of ether oxygens (including phenoxy) is 2. The Labute approximate surface area is 167 Å². The van der Waals surface area contributed by atoms with E-state index in [-0.39, 0.29) is 18.1 Å². The van der Waals surface area contributed by atoms with E-state index in [0.29, 0.717) is 35.5 Å². The average Bonchev–Trinajstić information content (AvgIpc) is 3.03. The number of nitrogens with zero attached hydrogens (tertiary/aromatic N) is 2. The Bertz CT molecular complexity index is 962. The molecule has 0 aliphatic heterocycles. The molecule has 28 heavy (non-hydrogen) atoms. The summed E-state index contributed by atoms with van der Waals surface area (Å²) in [7, 11) is 0. The van der Waals surface area contributed by atoms with Gasteiger partial charge in [-0.1, -0.05) is 6.92 Å². The molecule has 1 aliphatic carbocycles. The highest BCUT2D eigenvalue weighted by molar-refractivity contribution is 7.18. The molecule has 152 valence electrons. The Hall–Kier alpha value is -2.22. The molecule has 0 spiro atoms. The number of fused-ring (bicyclic) bond motifs is 3. The van der Waals surface area contributed by atoms with Crippen molar-refractivity contribution in [1.29, 1.82) is 0 Å². The molecule has 7 nitrogen and oxygen atoms in total. The van der Waals surface area contributed by atoms with E-state index in [2.05, 4.69) is 4.98 Å². The summed E-state index contributed by atoms with van der Waals surface area (Å²) in [5.41, 5.74) is 0.464. The molecule has 3 rings (SSSR count). The van der Waals surface area contributed by atoms with Crippen molar-refractivity contribution in [1.82, 2.24) is 9.55 Å². The van der Waals surface area contributed by atoms with Crippen LogP contribution in [0.15, 0.2) is 4.79 Å². The molecule has 2 aromatic heterocycles. The molecule has 0 aromatic carbocycles. The molecule has 1 aliphatic rings. The van der Waals surface area contributed by atoms with Gasteiger partial charge in [-0.3, -0.25) is 14.2 Å². The van der Waals surface area contributed by atoms with E-state index in [1.54, 1.807) is 20.8 Å². The van der Waals surface area contributed by atoms with E-state index in [9.17, 15) is 14.4 Å². The number of carbonyl (C=O) groups excluding carboxylic acids is 2. The summed E-state index contributed by atoms with van der Waals surface area (Å²) in [6, 6.07) is -0.732. The summed E-state index contributed by atoms with van der Waals surface area (Å²) >= 11 is 1.47. The van der Waals surface area contributed by atoms with Crippen LogP contribution in [0.25, 0.3) is 10.2 Å². The van der Waals surface area contributed by atoms with Crippen molar-refractivity contribution in [3.05, 3.63) is 26.6 Å². The molecule has 0 radical (unpaired) electrons. The van der Waals surface area contributed by atoms with Crippen molar-refractivity contribution in [2.45, 2.75) is 65.3 Å². The van der Waals surface area contributed by atoms with Gasteiger partial charge in [0, 0.05) is 4.88 Å². The maximum atomic E-state index is 13.5. The first kappa shape index (κ1) is 20.5. The quantitative estimate of drug-likeness (QED) is 0.684. The van der Waals surface area contributed by atoms with Crippen LogP contribution >= 0.6 is 11.3 Å². The predicted molar refractivity (Wildman–Crippen MR) is 107 cm³/mol. The molecule has 0 amide bonds. The highest BCUT2D eigenvalue weighted by Crippen LogP contribution is 2.41. The van der Waals surface area contributed by atoms with Crippen molar-refractivity contribution in [3.8, 4) is 0 Å². The summed E-state index contributed by atoms with van der Waals surface area (Å²) in [6.45, 7) is 7.62. The fourth-order valence-electron chi connectivity index (χ4n) is 3.94. The minimum Gasteiger partial charge on any atom is -0.466 e. The number of thiophene rings is 1. The average molecular weight is 407 g/mol. The van der Waals surface area contributed by atoms with Gasteiger partial charge >= 0.3 is 11.9 Å². The largest absolute Gasteiger partial charge is 0.466 e. The van der Waals surface area contributed by atoms with Gasteiger partial charge in [0.15, 0.2) is 0 Å². The molecule has 0 bridgehead atoms. The predicted octanol–water partition coefficient (Wildman–Crippen LogP) is 3.26. The van der Waals surface area contributed by atoms with Gasteiger partial charge in [-0.05, 0) is 52.0 Å². The Kier molecular flexibility index (Phi) is 6.17. The maximum absolute atomic E-state index is 13.5. The van der Waals surface area contributed by atoms with Gasteiger partial charge in [0.25, 0.3) is 5.56 Å². The molecule has 2 atom stereocenters. The third-order valence-electron chi connectivity index (χ3n) is 5.12. The topological polar surface area (TPSA) is 87.5 Å². The normalized spacial score (nSPS) is 17.2. The lowest BCUT2D eigenvalue weighted by atomic mass is 9.86. The van der Waals surface area contributed by atoms with Crippen LogP contribution in [0.2, 0.25) is 0 Å². The first-order chi connectivity index (χ1) is 13.4. The van der Waals surface area contributed by atoms with E-state index in [0.717, 1.165) is 23.3 Å². The smallest absolute Gasteiger partial charge is 0.329 e. The monoisotopic (exact) mass is 406 g/mol. The van der Waals surface area contributed by atoms with Gasteiger partial charge < -0.3 is 9.47 Å². The van der Waals surface area contributed by atoms with E-state index in [1.165, 1.54) is 15.9 Å². The minimum absolute atomic E-state index is 0.248. The van der Waals surface area contributed by atoms with Gasteiger partial charge in [-0.25, -0.2) is 9.78 Å². The number of aromatic nitrogens is 2. The molecule has 2 unspecified atom stereocenters. The zero-order valence-corrected chi connectivity index (χ0v) is 17.6. The number of carbonyl (C=O) groups is 2. The molecule has 0 N–H and O–H groups in total. The summed E-state index contributed by atoms with van der Waals surface area (Å²) in [6.07, 6.45) is 2.76. The second kappa shape index (κ2) is 8.43. The second-order valence-corrected chi connectivity index (χ2v) is 7.91. The Morgan fingerprint density at radius 2 is 1.96 bits per heavy atom. The van der Waals surface area contributed by atoms with Crippen LogP contribution in [0.1, 0.15) is 68.3 Å². The Morgan fingerprint density at radius 1 is 1.25 bits per heavy atom. The van der Waals surface area contributed by atoms with E-state index in [1.807, 2.05) is 6.92 Å². The van der Waals surface area contributed by atoms with Crippen LogP contribution in [0.3, 0.4) is 0 Å². The fraction of sp³-hybridized carbons (Fsp3) is 0.600. The van der Waals surface area contributed by atoms with Gasteiger partial charge in [0.1, 0.15) is 16.7 Å². The lowest BCUT2D eigenvalue weighted by Gasteiger charge is -2.22. The summed E-state index contributed by atoms with van der Waals surface area (Å²) in [4.78, 5) is 44.7. The Morgan fingerprint density at radius 3 is 2.61 bits per heavy atom. The highest BCUT2D eigenvalue weighted by atomic mass is 32.1. The van der Waals surface area contributed by atoms with Crippen LogP contribution in [-0.2, 0) is 25.5 Å². The van der Waals surface area contributed by atoms with Crippen molar-refractivity contribution in [2.75, 3.05) is 13.2 Å². The summed E-state index contributed by atoms with van der Waals surface area (Å²) in [5.74, 6) is -0.719. The van der Waals surface area contributed by atoms with Crippen LogP contribution in [-0.4, -0.2) is 34.7 Å². The zero-order chi connectivity index (χ0) is 20.4. The third kappa shape index (κ3) is 3.45. The molecule has 2 heterocycles. The van der Waals surface area contributed by atoms with Gasteiger partial charge in [-0.15, -0.1) is 11.3 Å². The van der Waals surface area contributed by atoms with Crippen LogP contribution in [0.4, 0.5) is 0 Å². The zero-order valence-electron chi connectivity index (χ0n) is 16.7. The van der Waals surface area contributed by atoms with E-state index < -0.39 is 17.9 Å². The van der Waals surface area contributed by atoms with Crippen molar-refractivity contribution in [2.24, 2.45) is 0 Å². The number of rotatable bonds is 6. The van der Waals surface area contributed by atoms with Gasteiger partial charge in [0.2, 0.25) is 0 Å². The first-order valence-corrected chi connectivity index (χ1v) is 10.6. The SMILES string of the molecule is CCOC(=O)C1CCCc2sc3nc(C)n(C(CC)C(=O)OCC)c(=O)c3c21. The molecule has 0 saturated carbocycles. The molecule has 0 saturated heterocycles.